The first-order chi connectivity index (χ1) is 10.1. The van der Waals surface area contributed by atoms with Crippen molar-refractivity contribution in [3.63, 3.8) is 0 Å². The van der Waals surface area contributed by atoms with Crippen LogP contribution in [0.25, 0.3) is 0 Å². The molecule has 0 heterocycles. The van der Waals surface area contributed by atoms with E-state index in [0.29, 0.717) is 26.4 Å². The Hall–Kier alpha value is -0.930. The maximum atomic E-state index is 13.1. The average Bonchev–Trinajstić information content (AvgIpc) is 2.36. The average molecular weight is 310 g/mol. The van der Waals surface area contributed by atoms with Gasteiger partial charge in [-0.3, -0.25) is 4.79 Å². The summed E-state index contributed by atoms with van der Waals surface area (Å²) in [5.41, 5.74) is -0.305. The molecular formula is C19H34O3. The van der Waals surface area contributed by atoms with E-state index in [1.165, 1.54) is 0 Å². The van der Waals surface area contributed by atoms with Crippen LogP contribution >= 0.6 is 0 Å². The first-order valence-corrected chi connectivity index (χ1v) is 7.96. The first-order valence-electron chi connectivity index (χ1n) is 7.96. The van der Waals surface area contributed by atoms with Gasteiger partial charge in [-0.2, -0.15) is 0 Å². The first kappa shape index (κ1) is 21.1. The van der Waals surface area contributed by atoms with E-state index >= 15 is 0 Å². The second kappa shape index (κ2) is 9.26. The summed E-state index contributed by atoms with van der Waals surface area (Å²) in [6.45, 7) is 21.6. The molecule has 2 unspecified atom stereocenters. The highest BCUT2D eigenvalue weighted by atomic mass is 16.5. The zero-order valence-electron chi connectivity index (χ0n) is 15.3. The lowest BCUT2D eigenvalue weighted by Gasteiger charge is -2.37. The largest absolute Gasteiger partial charge is 0.377 e. The van der Waals surface area contributed by atoms with Crippen LogP contribution in [0, 0.1) is 22.7 Å². The van der Waals surface area contributed by atoms with Gasteiger partial charge in [0.25, 0.3) is 0 Å². The summed E-state index contributed by atoms with van der Waals surface area (Å²) in [4.78, 5) is 13.1. The van der Waals surface area contributed by atoms with Crippen LogP contribution in [0.5, 0.6) is 0 Å². The zero-order valence-corrected chi connectivity index (χ0v) is 15.3. The minimum atomic E-state index is -0.163. The number of ketones is 1. The van der Waals surface area contributed by atoms with E-state index in [2.05, 4.69) is 54.7 Å². The van der Waals surface area contributed by atoms with Gasteiger partial charge in [-0.25, -0.2) is 0 Å². The molecule has 0 N–H and O–H groups in total. The molecule has 0 aliphatic heterocycles. The number of carbonyl (C=O) groups is 1. The van der Waals surface area contributed by atoms with Crippen molar-refractivity contribution in [1.29, 1.82) is 0 Å². The number of carbonyl (C=O) groups excluding carboxylic acids is 1. The van der Waals surface area contributed by atoms with Crippen LogP contribution in [0.15, 0.2) is 25.3 Å². The fourth-order valence-corrected chi connectivity index (χ4v) is 2.30. The van der Waals surface area contributed by atoms with E-state index in [0.717, 1.165) is 0 Å². The lowest BCUT2D eigenvalue weighted by molar-refractivity contribution is -0.138. The smallest absolute Gasteiger partial charge is 0.144 e. The van der Waals surface area contributed by atoms with Gasteiger partial charge in [0.15, 0.2) is 0 Å². The Morgan fingerprint density at radius 1 is 0.864 bits per heavy atom. The van der Waals surface area contributed by atoms with Gasteiger partial charge < -0.3 is 9.47 Å². The minimum Gasteiger partial charge on any atom is -0.377 e. The molecule has 0 saturated heterocycles. The number of ether oxygens (including phenoxy) is 2. The summed E-state index contributed by atoms with van der Waals surface area (Å²) in [7, 11) is 0. The summed E-state index contributed by atoms with van der Waals surface area (Å²) < 4.78 is 11.2. The second-order valence-corrected chi connectivity index (χ2v) is 7.89. The van der Waals surface area contributed by atoms with E-state index in [1.807, 2.05) is 0 Å². The lowest BCUT2D eigenvalue weighted by atomic mass is 9.69. The van der Waals surface area contributed by atoms with Crippen molar-refractivity contribution in [1.82, 2.24) is 0 Å². The third-order valence-corrected chi connectivity index (χ3v) is 3.82. The monoisotopic (exact) mass is 310 g/mol. The number of hydrogen-bond donors (Lipinski definition) is 0. The molecule has 0 aliphatic rings. The van der Waals surface area contributed by atoms with Crippen molar-refractivity contribution in [2.45, 2.75) is 41.5 Å². The highest BCUT2D eigenvalue weighted by Gasteiger charge is 2.40. The maximum Gasteiger partial charge on any atom is 0.144 e. The van der Waals surface area contributed by atoms with Gasteiger partial charge in [0, 0.05) is 11.8 Å². The van der Waals surface area contributed by atoms with E-state index in [1.54, 1.807) is 12.2 Å². The SMILES string of the molecule is C=CCOCC(C(=O)C(COCC=C)C(C)(C)C)C(C)(C)C. The Kier molecular flexibility index (Phi) is 8.87. The molecule has 128 valence electrons. The molecule has 3 heteroatoms. The zero-order chi connectivity index (χ0) is 17.4. The molecule has 0 radical (unpaired) electrons. The molecular weight excluding hydrogens is 276 g/mol. The van der Waals surface area contributed by atoms with Gasteiger partial charge in [-0.1, -0.05) is 53.7 Å². The van der Waals surface area contributed by atoms with Crippen molar-refractivity contribution in [3.05, 3.63) is 25.3 Å². The molecule has 22 heavy (non-hydrogen) atoms. The second-order valence-electron chi connectivity index (χ2n) is 7.89. The molecule has 0 rings (SSSR count). The standard InChI is InChI=1S/C19H34O3/c1-9-11-21-13-15(18(3,4)5)17(20)16(19(6,7)8)14-22-12-10-2/h9-10,15-16H,1-2,11-14H2,3-8H3. The summed E-state index contributed by atoms with van der Waals surface area (Å²) in [6.07, 6.45) is 3.41. The predicted molar refractivity (Wildman–Crippen MR) is 92.9 cm³/mol. The van der Waals surface area contributed by atoms with Crippen LogP contribution in [-0.2, 0) is 14.3 Å². The molecule has 2 atom stereocenters. The third kappa shape index (κ3) is 7.37. The summed E-state index contributed by atoms with van der Waals surface area (Å²) in [5.74, 6) is -0.110. The molecule has 0 bridgehead atoms. The summed E-state index contributed by atoms with van der Waals surface area (Å²) >= 11 is 0. The fraction of sp³-hybridized carbons (Fsp3) is 0.737. The Morgan fingerprint density at radius 2 is 1.18 bits per heavy atom. The molecule has 3 nitrogen and oxygen atoms in total. The normalized spacial score (nSPS) is 15.2. The Morgan fingerprint density at radius 3 is 1.41 bits per heavy atom. The number of Topliss-reactive ketones (excluding diaryl/α,β-unsaturated/α-hetero) is 1. The molecule has 0 spiro atoms. The van der Waals surface area contributed by atoms with Crippen molar-refractivity contribution in [3.8, 4) is 0 Å². The molecule has 0 fully saturated rings. The van der Waals surface area contributed by atoms with E-state index in [-0.39, 0.29) is 28.4 Å². The van der Waals surface area contributed by atoms with Crippen LogP contribution in [0.4, 0.5) is 0 Å². The van der Waals surface area contributed by atoms with Crippen LogP contribution in [0.1, 0.15) is 41.5 Å². The quantitative estimate of drug-likeness (QED) is 0.446. The van der Waals surface area contributed by atoms with Gasteiger partial charge in [-0.15, -0.1) is 13.2 Å². The van der Waals surface area contributed by atoms with E-state index < -0.39 is 0 Å². The van der Waals surface area contributed by atoms with Crippen LogP contribution in [0.3, 0.4) is 0 Å². The molecule has 0 aliphatic carbocycles. The topological polar surface area (TPSA) is 35.5 Å². The number of hydrogen-bond acceptors (Lipinski definition) is 3. The highest BCUT2D eigenvalue weighted by Crippen LogP contribution is 2.35. The van der Waals surface area contributed by atoms with Crippen LogP contribution in [-0.4, -0.2) is 32.2 Å². The minimum absolute atomic E-state index is 0.153. The maximum absolute atomic E-state index is 13.1. The van der Waals surface area contributed by atoms with Crippen molar-refractivity contribution < 1.29 is 14.3 Å². The fourth-order valence-electron chi connectivity index (χ4n) is 2.30. The Bertz CT molecular complexity index is 324. The van der Waals surface area contributed by atoms with Gasteiger partial charge >= 0.3 is 0 Å². The van der Waals surface area contributed by atoms with Gasteiger partial charge in [0.05, 0.1) is 26.4 Å². The Balaban J connectivity index is 5.15. The van der Waals surface area contributed by atoms with Crippen molar-refractivity contribution in [2.75, 3.05) is 26.4 Å². The van der Waals surface area contributed by atoms with E-state index in [9.17, 15) is 4.79 Å². The highest BCUT2D eigenvalue weighted by molar-refractivity contribution is 5.85. The molecule has 0 aromatic carbocycles. The predicted octanol–water partition coefficient (Wildman–Crippen LogP) is 4.29. The summed E-state index contributed by atoms with van der Waals surface area (Å²) in [5, 5.41) is 0. The molecule has 0 saturated carbocycles. The van der Waals surface area contributed by atoms with Crippen molar-refractivity contribution >= 4 is 5.78 Å². The van der Waals surface area contributed by atoms with E-state index in [4.69, 9.17) is 9.47 Å². The molecule has 0 aromatic rings. The molecule has 0 aromatic heterocycles. The van der Waals surface area contributed by atoms with Gasteiger partial charge in [0.1, 0.15) is 5.78 Å². The van der Waals surface area contributed by atoms with Gasteiger partial charge in [-0.05, 0) is 10.8 Å². The van der Waals surface area contributed by atoms with Crippen LogP contribution < -0.4 is 0 Å². The number of rotatable bonds is 10. The third-order valence-electron chi connectivity index (χ3n) is 3.82. The molecule has 0 amide bonds. The lowest BCUT2D eigenvalue weighted by Crippen LogP contribution is -2.43. The Labute approximate surface area is 136 Å². The summed E-state index contributed by atoms with van der Waals surface area (Å²) in [6, 6.07) is 0. The van der Waals surface area contributed by atoms with Gasteiger partial charge in [0.2, 0.25) is 0 Å². The van der Waals surface area contributed by atoms with Crippen LogP contribution in [0.2, 0.25) is 0 Å². The van der Waals surface area contributed by atoms with Crippen molar-refractivity contribution in [2.24, 2.45) is 22.7 Å².